The maximum atomic E-state index is 13.8. The van der Waals surface area contributed by atoms with Crippen molar-refractivity contribution in [2.45, 2.75) is 160 Å². The van der Waals surface area contributed by atoms with Crippen LogP contribution >= 0.6 is 0 Å². The molecule has 0 spiro atoms. The molecule has 0 radical (unpaired) electrons. The van der Waals surface area contributed by atoms with Crippen molar-refractivity contribution in [3.05, 3.63) is 60.2 Å². The van der Waals surface area contributed by atoms with Gasteiger partial charge in [0.15, 0.2) is 12.6 Å². The fourth-order valence-corrected chi connectivity index (χ4v) is 9.35. The molecule has 3 aliphatic rings. The molecule has 20 heteroatoms. The van der Waals surface area contributed by atoms with Crippen LogP contribution in [0.5, 0.6) is 0 Å². The lowest BCUT2D eigenvalue weighted by Crippen LogP contribution is -2.63. The number of aldehydes is 1. The summed E-state index contributed by atoms with van der Waals surface area (Å²) < 4.78 is 44.2. The van der Waals surface area contributed by atoms with E-state index in [0.29, 0.717) is 31.4 Å². The van der Waals surface area contributed by atoms with Gasteiger partial charge in [-0.1, -0.05) is 48.9 Å². The summed E-state index contributed by atoms with van der Waals surface area (Å²) >= 11 is 0. The molecule has 2 aromatic rings. The van der Waals surface area contributed by atoms with Crippen LogP contribution in [-0.4, -0.2) is 184 Å². The number of aryl methyl sites for hydroxylation is 1. The number of hydrogen-bond donors (Lipinski definition) is 4. The Morgan fingerprint density at radius 2 is 1.70 bits per heavy atom. The number of carbonyl (C=O) groups is 2. The molecule has 17 atom stereocenters. The van der Waals surface area contributed by atoms with Crippen LogP contribution in [0.3, 0.4) is 0 Å². The molecule has 386 valence electrons. The lowest BCUT2D eigenvalue weighted by atomic mass is 9.79. The third-order valence-electron chi connectivity index (χ3n) is 13.4. The molecular weight excluding hydrogens is 897 g/mol. The van der Waals surface area contributed by atoms with E-state index in [-0.39, 0.29) is 25.6 Å². The number of esters is 1. The molecule has 69 heavy (non-hydrogen) atoms. The van der Waals surface area contributed by atoms with Crippen LogP contribution in [0.25, 0.3) is 5.69 Å². The minimum Gasteiger partial charge on any atom is -0.462 e. The molecule has 5 heterocycles. The Hall–Kier alpha value is -4.06. The van der Waals surface area contributed by atoms with Crippen molar-refractivity contribution in [1.29, 1.82) is 0 Å². The van der Waals surface area contributed by atoms with Gasteiger partial charge in [-0.2, -0.15) is 0 Å². The first-order valence-corrected chi connectivity index (χ1v) is 24.0. The Labute approximate surface area is 405 Å². The number of pyridine rings is 1. The van der Waals surface area contributed by atoms with E-state index in [1.165, 1.54) is 14.2 Å². The zero-order valence-electron chi connectivity index (χ0n) is 41.7. The molecule has 4 N–H and O–H groups in total. The number of carbonyl (C=O) groups excluding carboxylic acids is 2. The molecule has 2 saturated heterocycles. The zero-order valence-corrected chi connectivity index (χ0v) is 41.7. The highest BCUT2D eigenvalue weighted by atomic mass is 16.7. The first-order valence-electron chi connectivity index (χ1n) is 24.0. The molecule has 2 fully saturated rings. The summed E-state index contributed by atoms with van der Waals surface area (Å²) in [5.74, 6) is -2.93. The van der Waals surface area contributed by atoms with E-state index >= 15 is 0 Å². The minimum absolute atomic E-state index is 0.00220. The van der Waals surface area contributed by atoms with Gasteiger partial charge in [-0.3, -0.25) is 9.78 Å². The van der Waals surface area contributed by atoms with E-state index in [1.807, 2.05) is 57.3 Å². The van der Waals surface area contributed by atoms with Crippen LogP contribution in [0.4, 0.5) is 0 Å². The van der Waals surface area contributed by atoms with Gasteiger partial charge in [-0.05, 0) is 84.7 Å². The van der Waals surface area contributed by atoms with Crippen LogP contribution in [0, 0.1) is 23.7 Å². The second-order valence-corrected chi connectivity index (χ2v) is 18.8. The van der Waals surface area contributed by atoms with E-state index < -0.39 is 110 Å². The maximum Gasteiger partial charge on any atom is 0.308 e. The number of likely N-dealkylation sites (N-methyl/N-ethyl adjacent to an activating group) is 1. The lowest BCUT2D eigenvalue weighted by Gasteiger charge is -2.46. The van der Waals surface area contributed by atoms with Gasteiger partial charge in [0.2, 0.25) is 0 Å². The predicted octanol–water partition coefficient (Wildman–Crippen LogP) is 2.97. The van der Waals surface area contributed by atoms with E-state index in [1.54, 1.807) is 56.8 Å². The smallest absolute Gasteiger partial charge is 0.308 e. The number of aliphatic hydroxyl groups is 4. The van der Waals surface area contributed by atoms with Gasteiger partial charge < -0.3 is 68.1 Å². The average Bonchev–Trinajstić information content (AvgIpc) is 3.80. The number of ether oxygens (including phenoxy) is 7. The Bertz CT molecular complexity index is 1970. The number of aromatic nitrogens is 4. The molecule has 5 rings (SSSR count). The van der Waals surface area contributed by atoms with E-state index in [9.17, 15) is 30.0 Å². The summed E-state index contributed by atoms with van der Waals surface area (Å²) in [5.41, 5.74) is 2.90. The fraction of sp³-hybridized carbons (Fsp3) is 0.714. The summed E-state index contributed by atoms with van der Waals surface area (Å²) in [6, 6.07) is 2.96. The normalized spacial score (nSPS) is 37.2. The van der Waals surface area contributed by atoms with E-state index in [0.717, 1.165) is 23.2 Å². The molecule has 2 aromatic heterocycles. The van der Waals surface area contributed by atoms with Crippen molar-refractivity contribution in [2.75, 3.05) is 41.5 Å². The molecule has 0 saturated carbocycles. The first-order chi connectivity index (χ1) is 33.0. The number of allylic oxidation sites excluding steroid dienone is 3. The number of nitrogens with zero attached hydrogens (tertiary/aromatic N) is 6. The lowest BCUT2D eigenvalue weighted by molar-refractivity contribution is -0.304. The van der Waals surface area contributed by atoms with Gasteiger partial charge in [0, 0.05) is 44.6 Å². The molecule has 3 aliphatic heterocycles. The largest absolute Gasteiger partial charge is 0.462 e. The molecular formula is C49H76N6O14. The highest BCUT2D eigenvalue weighted by Gasteiger charge is 2.48. The Morgan fingerprint density at radius 3 is 2.36 bits per heavy atom. The van der Waals surface area contributed by atoms with Crippen molar-refractivity contribution >= 4 is 18.0 Å². The van der Waals surface area contributed by atoms with Crippen molar-refractivity contribution in [3.8, 4) is 5.69 Å². The van der Waals surface area contributed by atoms with E-state index in [4.69, 9.17) is 38.0 Å². The maximum absolute atomic E-state index is 13.8. The second-order valence-electron chi connectivity index (χ2n) is 18.8. The summed E-state index contributed by atoms with van der Waals surface area (Å²) in [6.07, 6.45) is 1.80. The first kappa shape index (κ1) is 55.9. The molecule has 0 bridgehead atoms. The van der Waals surface area contributed by atoms with Gasteiger partial charge in [0.25, 0.3) is 0 Å². The third kappa shape index (κ3) is 15.0. The number of oxime groups is 1. The summed E-state index contributed by atoms with van der Waals surface area (Å²) in [4.78, 5) is 38.2. The second kappa shape index (κ2) is 27.0. The van der Waals surface area contributed by atoms with Crippen LogP contribution < -0.4 is 0 Å². The molecule has 0 unspecified atom stereocenters. The number of hydrogen-bond acceptors (Lipinski definition) is 19. The number of aliphatic hydroxyl groups excluding tert-OH is 4. The highest BCUT2D eigenvalue weighted by molar-refractivity contribution is 5.96. The van der Waals surface area contributed by atoms with Crippen molar-refractivity contribution in [3.63, 3.8) is 0 Å². The van der Waals surface area contributed by atoms with Crippen LogP contribution in [0.1, 0.15) is 79.3 Å². The standard InChI is InChI=1S/C49H76N6O14/c1-11-39-34(27-64-49-47(63-10)46(62-9)43(60)32(6)67-49)22-28(2)16-17-37(52-65-21-13-14-35-26-55(53-51-35)36-15-12-19-50-25-36)29(3)23-33(18-20-56)45(30(4)38(57)24-40(58)68-39)69-48-44(61)41(54(7)8)42(59)31(5)66-48/h12,15-17,19-20,22,25-26,29-34,38-39,41-49,57,59-61H,11,13-14,18,21,23-24,27H2,1-10H3/b17-16+,28-22+,52-37-/t29-,30+,31-,32-,33+,34-,38-,39-,41+,42-,43-,44-,45-,46-,47-,48+,49-/m1/s1. The van der Waals surface area contributed by atoms with Gasteiger partial charge in [0.1, 0.15) is 43.4 Å². The molecule has 0 aliphatic carbocycles. The van der Waals surface area contributed by atoms with E-state index in [2.05, 4.69) is 20.5 Å². The van der Waals surface area contributed by atoms with Crippen LogP contribution in [0.2, 0.25) is 0 Å². The van der Waals surface area contributed by atoms with Crippen molar-refractivity contribution < 1.29 is 68.0 Å². The quantitative estimate of drug-likeness (QED) is 0.0770. The monoisotopic (exact) mass is 973 g/mol. The van der Waals surface area contributed by atoms with Gasteiger partial charge in [-0.25, -0.2) is 4.68 Å². The Balaban J connectivity index is 1.47. The fourth-order valence-electron chi connectivity index (χ4n) is 9.35. The van der Waals surface area contributed by atoms with Crippen molar-refractivity contribution in [2.24, 2.45) is 28.8 Å². The van der Waals surface area contributed by atoms with Gasteiger partial charge >= 0.3 is 5.97 Å². The van der Waals surface area contributed by atoms with Crippen molar-refractivity contribution in [1.82, 2.24) is 24.9 Å². The number of rotatable bonds is 17. The minimum atomic E-state index is -1.32. The number of cyclic esters (lactones) is 1. The summed E-state index contributed by atoms with van der Waals surface area (Å²) in [5, 5.41) is 58.3. The predicted molar refractivity (Wildman–Crippen MR) is 252 cm³/mol. The summed E-state index contributed by atoms with van der Waals surface area (Å²) in [7, 11) is 6.43. The van der Waals surface area contributed by atoms with Crippen LogP contribution in [0.15, 0.2) is 59.7 Å². The Morgan fingerprint density at radius 1 is 0.971 bits per heavy atom. The molecule has 20 nitrogen and oxygen atoms in total. The highest BCUT2D eigenvalue weighted by Crippen LogP contribution is 2.35. The zero-order chi connectivity index (χ0) is 50.4. The Kier molecular flexibility index (Phi) is 21.8. The molecule has 0 aromatic carbocycles. The van der Waals surface area contributed by atoms with Gasteiger partial charge in [0.05, 0.1) is 79.1 Å². The molecule has 0 amide bonds. The number of methoxy groups -OCH3 is 2. The summed E-state index contributed by atoms with van der Waals surface area (Å²) in [6.45, 7) is 11.1. The van der Waals surface area contributed by atoms with Crippen LogP contribution in [-0.2, 0) is 54.0 Å². The van der Waals surface area contributed by atoms with Gasteiger partial charge in [-0.15, -0.1) is 5.10 Å². The SMILES string of the molecule is CC[C@H]1OC(=O)C[C@@H](O)[C@H](C)[C@@H](O[C@@H]2O[C@H](C)[C@@H](O)[C@H](N(C)C)[C@H]2O)[C@@H](CC=O)C[C@@H](C)C(=N\OCCCc2cn(-c3cccnc3)nn2)/C=C/C(C)=C/[C@@H]1CO[C@@H]1O[C@H](C)[C@@H](O)[C@@H](OC)[C@H]1OC. The third-order valence-corrected chi connectivity index (χ3v) is 13.4. The topological polar surface area (TPSA) is 248 Å². The average molecular weight is 973 g/mol.